The third-order valence-corrected chi connectivity index (χ3v) is 7.41. The third kappa shape index (κ3) is 13.3. The highest BCUT2D eigenvalue weighted by Gasteiger charge is 2.15. The molecular weight excluding hydrogens is 620 g/mol. The van der Waals surface area contributed by atoms with E-state index in [1.54, 1.807) is 49.1 Å². The number of unbranched alkanes of at least 4 members (excludes halogenated alkanes) is 1. The molecule has 0 radical (unpaired) electrons. The van der Waals surface area contributed by atoms with Crippen LogP contribution in [0, 0.1) is 11.8 Å². The summed E-state index contributed by atoms with van der Waals surface area (Å²) in [5.41, 5.74) is 1.72. The van der Waals surface area contributed by atoms with Gasteiger partial charge >= 0.3 is 11.9 Å². The van der Waals surface area contributed by atoms with Crippen molar-refractivity contribution in [3.8, 4) is 45.8 Å². The maximum atomic E-state index is 11.9. The SMILES string of the molecule is CCCCOc1cnc(-c2ccc(OC(=O)C(C)CCC)cc2)nc1.CCCOc1cnc(-c2ccc(OC(=O)C(C)CCC)cc2)nc1. The number of carbonyl (C=O) groups excluding carboxylic acids is 2. The summed E-state index contributed by atoms with van der Waals surface area (Å²) in [6, 6.07) is 14.4. The Hall–Kier alpha value is -4.86. The van der Waals surface area contributed by atoms with Crippen molar-refractivity contribution in [3.05, 3.63) is 73.3 Å². The fraction of sp³-hybridized carbons (Fsp3) is 0.436. The lowest BCUT2D eigenvalue weighted by atomic mass is 10.1. The highest BCUT2D eigenvalue weighted by Crippen LogP contribution is 2.23. The fourth-order valence-corrected chi connectivity index (χ4v) is 4.51. The van der Waals surface area contributed by atoms with Crippen molar-refractivity contribution < 1.29 is 28.5 Å². The molecule has 10 nitrogen and oxygen atoms in total. The molecule has 2 aromatic heterocycles. The largest absolute Gasteiger partial charge is 0.490 e. The van der Waals surface area contributed by atoms with Gasteiger partial charge in [0, 0.05) is 11.1 Å². The molecule has 49 heavy (non-hydrogen) atoms. The number of esters is 2. The molecule has 0 aliphatic carbocycles. The Morgan fingerprint density at radius 3 is 1.27 bits per heavy atom. The van der Waals surface area contributed by atoms with Crippen LogP contribution in [0.2, 0.25) is 0 Å². The van der Waals surface area contributed by atoms with Crippen LogP contribution in [0.3, 0.4) is 0 Å². The summed E-state index contributed by atoms with van der Waals surface area (Å²) < 4.78 is 21.8. The van der Waals surface area contributed by atoms with E-state index in [0.717, 1.165) is 56.1 Å². The Kier molecular flexibility index (Phi) is 16.7. The van der Waals surface area contributed by atoms with Gasteiger partial charge in [-0.05, 0) is 74.2 Å². The van der Waals surface area contributed by atoms with Crippen LogP contribution in [0.4, 0.5) is 0 Å². The summed E-state index contributed by atoms with van der Waals surface area (Å²) in [6.07, 6.45) is 13.3. The van der Waals surface area contributed by atoms with Crippen LogP contribution in [-0.2, 0) is 9.59 Å². The van der Waals surface area contributed by atoms with Crippen LogP contribution in [-0.4, -0.2) is 45.1 Å². The van der Waals surface area contributed by atoms with Gasteiger partial charge in [0.15, 0.2) is 23.1 Å². The molecule has 10 heteroatoms. The summed E-state index contributed by atoms with van der Waals surface area (Å²) in [4.78, 5) is 41.1. The molecule has 0 aliphatic heterocycles. The summed E-state index contributed by atoms with van der Waals surface area (Å²) in [5, 5.41) is 0. The normalized spacial score (nSPS) is 11.8. The number of aromatic nitrogens is 4. The van der Waals surface area contributed by atoms with Gasteiger partial charge in [-0.2, -0.15) is 0 Å². The first-order valence-corrected chi connectivity index (χ1v) is 17.3. The molecule has 0 saturated heterocycles. The maximum Gasteiger partial charge on any atom is 0.314 e. The maximum absolute atomic E-state index is 11.9. The van der Waals surface area contributed by atoms with Crippen molar-refractivity contribution in [1.82, 2.24) is 19.9 Å². The van der Waals surface area contributed by atoms with Crippen LogP contribution < -0.4 is 18.9 Å². The predicted octanol–water partition coefficient (Wildman–Crippen LogP) is 8.94. The molecule has 0 bridgehead atoms. The minimum absolute atomic E-state index is 0.0892. The topological polar surface area (TPSA) is 123 Å². The van der Waals surface area contributed by atoms with Gasteiger partial charge in [-0.15, -0.1) is 0 Å². The molecule has 0 saturated carbocycles. The highest BCUT2D eigenvalue weighted by atomic mass is 16.5. The second-order valence-electron chi connectivity index (χ2n) is 11.8. The summed E-state index contributed by atoms with van der Waals surface area (Å²) in [7, 11) is 0. The smallest absolute Gasteiger partial charge is 0.314 e. The second-order valence-corrected chi connectivity index (χ2v) is 11.8. The first kappa shape index (κ1) is 38.6. The number of benzene rings is 2. The van der Waals surface area contributed by atoms with Crippen LogP contribution in [0.5, 0.6) is 23.0 Å². The first-order chi connectivity index (χ1) is 23.8. The molecular formula is C39H50N4O6. The second kappa shape index (κ2) is 21.2. The summed E-state index contributed by atoms with van der Waals surface area (Å²) in [5.74, 6) is 3.06. The van der Waals surface area contributed by atoms with Gasteiger partial charge in [0.1, 0.15) is 11.5 Å². The Morgan fingerprint density at radius 1 is 0.531 bits per heavy atom. The zero-order valence-electron chi connectivity index (χ0n) is 29.7. The standard InChI is InChI=1S/C20H26N2O3.C19H24N2O3/c1-4-6-12-24-18-13-21-19(22-14-18)16-8-10-17(11-9-16)25-20(23)15(3)7-5-2;1-4-6-14(3)19(22)24-16-9-7-15(8-10-16)18-20-12-17(13-21-18)23-11-5-2/h8-11,13-15H,4-7,12H2,1-3H3;7-10,12-14H,4-6,11H2,1-3H3. The molecule has 262 valence electrons. The Labute approximate surface area is 290 Å². The molecule has 2 atom stereocenters. The lowest BCUT2D eigenvalue weighted by Crippen LogP contribution is -2.17. The monoisotopic (exact) mass is 670 g/mol. The summed E-state index contributed by atoms with van der Waals surface area (Å²) >= 11 is 0. The third-order valence-electron chi connectivity index (χ3n) is 7.41. The molecule has 4 aromatic rings. The quantitative estimate of drug-likeness (QED) is 0.0611. The van der Waals surface area contributed by atoms with E-state index >= 15 is 0 Å². The molecule has 2 unspecified atom stereocenters. The number of hydrogen-bond donors (Lipinski definition) is 0. The van der Waals surface area contributed by atoms with Crippen LogP contribution in [0.25, 0.3) is 22.8 Å². The minimum atomic E-state index is -0.196. The average molecular weight is 671 g/mol. The highest BCUT2D eigenvalue weighted by molar-refractivity contribution is 5.75. The molecule has 4 rings (SSSR count). The average Bonchev–Trinajstić information content (AvgIpc) is 3.12. The van der Waals surface area contributed by atoms with Crippen molar-refractivity contribution in [2.45, 2.75) is 86.5 Å². The Balaban J connectivity index is 0.000000266. The van der Waals surface area contributed by atoms with Crippen molar-refractivity contribution in [1.29, 1.82) is 0 Å². The number of carbonyl (C=O) groups is 2. The van der Waals surface area contributed by atoms with Gasteiger partial charge in [0.25, 0.3) is 0 Å². The Bertz CT molecular complexity index is 1530. The van der Waals surface area contributed by atoms with E-state index in [-0.39, 0.29) is 23.8 Å². The van der Waals surface area contributed by atoms with Crippen LogP contribution >= 0.6 is 0 Å². The van der Waals surface area contributed by atoms with Gasteiger partial charge in [-0.25, -0.2) is 19.9 Å². The van der Waals surface area contributed by atoms with Gasteiger partial charge in [0.05, 0.1) is 49.8 Å². The molecule has 0 amide bonds. The van der Waals surface area contributed by atoms with Crippen LogP contribution in [0.15, 0.2) is 73.3 Å². The van der Waals surface area contributed by atoms with E-state index in [1.165, 1.54) is 0 Å². The van der Waals surface area contributed by atoms with E-state index in [0.29, 0.717) is 47.9 Å². The van der Waals surface area contributed by atoms with Crippen molar-refractivity contribution in [2.24, 2.45) is 11.8 Å². The van der Waals surface area contributed by atoms with E-state index < -0.39 is 0 Å². The number of hydrogen-bond acceptors (Lipinski definition) is 10. The van der Waals surface area contributed by atoms with Gasteiger partial charge < -0.3 is 18.9 Å². The number of ether oxygens (including phenoxy) is 4. The predicted molar refractivity (Wildman–Crippen MR) is 191 cm³/mol. The molecule has 0 spiro atoms. The first-order valence-electron chi connectivity index (χ1n) is 17.3. The van der Waals surface area contributed by atoms with Gasteiger partial charge in [0.2, 0.25) is 0 Å². The van der Waals surface area contributed by atoms with Crippen molar-refractivity contribution in [3.63, 3.8) is 0 Å². The fourth-order valence-electron chi connectivity index (χ4n) is 4.51. The van der Waals surface area contributed by atoms with Crippen molar-refractivity contribution >= 4 is 11.9 Å². The minimum Gasteiger partial charge on any atom is -0.490 e. The van der Waals surface area contributed by atoms with Gasteiger partial charge in [-0.3, -0.25) is 9.59 Å². The Morgan fingerprint density at radius 2 is 0.918 bits per heavy atom. The number of rotatable bonds is 17. The lowest BCUT2D eigenvalue weighted by Gasteiger charge is -2.10. The molecule has 0 aliphatic rings. The van der Waals surface area contributed by atoms with E-state index in [2.05, 4.69) is 40.7 Å². The van der Waals surface area contributed by atoms with Crippen molar-refractivity contribution in [2.75, 3.05) is 13.2 Å². The van der Waals surface area contributed by atoms with Crippen LogP contribution in [0.1, 0.15) is 86.5 Å². The zero-order chi connectivity index (χ0) is 35.4. The van der Waals surface area contributed by atoms with E-state index in [9.17, 15) is 9.59 Å². The molecule has 0 fully saturated rings. The van der Waals surface area contributed by atoms with E-state index in [4.69, 9.17) is 18.9 Å². The lowest BCUT2D eigenvalue weighted by molar-refractivity contribution is -0.139. The number of nitrogens with zero attached hydrogens (tertiary/aromatic N) is 4. The molecule has 2 heterocycles. The molecule has 2 aromatic carbocycles. The summed E-state index contributed by atoms with van der Waals surface area (Å²) in [6.45, 7) is 13.4. The van der Waals surface area contributed by atoms with E-state index in [1.807, 2.05) is 45.0 Å². The zero-order valence-corrected chi connectivity index (χ0v) is 29.7. The molecule has 0 N–H and O–H groups in total. The van der Waals surface area contributed by atoms with Gasteiger partial charge in [-0.1, -0.05) is 60.8 Å².